The molecule has 1 saturated carbocycles. The Morgan fingerprint density at radius 1 is 1.67 bits per heavy atom. The van der Waals surface area contributed by atoms with E-state index < -0.39 is 5.60 Å². The summed E-state index contributed by atoms with van der Waals surface area (Å²) < 4.78 is 0. The smallest absolute Gasteiger partial charge is 0.243 e. The van der Waals surface area contributed by atoms with Gasteiger partial charge in [0.25, 0.3) is 0 Å². The molecule has 68 valence electrons. The van der Waals surface area contributed by atoms with Crippen LogP contribution in [0.3, 0.4) is 0 Å². The SMILES string of the molecule is C/C=C/C(=O)NCC1(O)CCC1. The van der Waals surface area contributed by atoms with Crippen LogP contribution in [0.1, 0.15) is 26.2 Å². The summed E-state index contributed by atoms with van der Waals surface area (Å²) in [5.74, 6) is -0.127. The van der Waals surface area contributed by atoms with Crippen molar-refractivity contribution in [3.05, 3.63) is 12.2 Å². The molecular formula is C9H15NO2. The summed E-state index contributed by atoms with van der Waals surface area (Å²) in [7, 11) is 0. The summed E-state index contributed by atoms with van der Waals surface area (Å²) in [4.78, 5) is 10.9. The molecule has 0 aromatic carbocycles. The van der Waals surface area contributed by atoms with E-state index in [1.165, 1.54) is 6.08 Å². The summed E-state index contributed by atoms with van der Waals surface area (Å²) in [6.07, 6.45) is 5.82. The molecule has 0 spiro atoms. The first-order chi connectivity index (χ1) is 5.66. The Morgan fingerprint density at radius 2 is 2.33 bits per heavy atom. The molecule has 1 fully saturated rings. The second-order valence-corrected chi connectivity index (χ2v) is 3.30. The lowest BCUT2D eigenvalue weighted by Gasteiger charge is -2.36. The highest BCUT2D eigenvalue weighted by Gasteiger charge is 2.34. The average molecular weight is 169 g/mol. The molecule has 0 unspecified atom stereocenters. The molecule has 3 nitrogen and oxygen atoms in total. The lowest BCUT2D eigenvalue weighted by Crippen LogP contribution is -2.47. The maximum absolute atomic E-state index is 10.9. The van der Waals surface area contributed by atoms with E-state index in [4.69, 9.17) is 0 Å². The maximum Gasteiger partial charge on any atom is 0.243 e. The van der Waals surface area contributed by atoms with E-state index in [0.29, 0.717) is 6.54 Å². The number of carbonyl (C=O) groups is 1. The standard InChI is InChI=1S/C9H15NO2/c1-2-4-8(11)10-7-9(12)5-3-6-9/h2,4,12H,3,5-7H2,1H3,(H,10,11)/b4-2+. The van der Waals surface area contributed by atoms with E-state index >= 15 is 0 Å². The molecule has 0 saturated heterocycles. The minimum Gasteiger partial charge on any atom is -0.388 e. The molecule has 1 aliphatic carbocycles. The van der Waals surface area contributed by atoms with Crippen LogP contribution in [-0.2, 0) is 4.79 Å². The molecule has 0 aromatic rings. The number of nitrogens with one attached hydrogen (secondary N) is 1. The van der Waals surface area contributed by atoms with Gasteiger partial charge in [-0.05, 0) is 32.3 Å². The summed E-state index contributed by atoms with van der Waals surface area (Å²) in [6.45, 7) is 2.17. The van der Waals surface area contributed by atoms with Gasteiger partial charge in [0.2, 0.25) is 5.91 Å². The van der Waals surface area contributed by atoms with E-state index in [1.807, 2.05) is 0 Å². The van der Waals surface area contributed by atoms with Crippen molar-refractivity contribution < 1.29 is 9.90 Å². The second-order valence-electron chi connectivity index (χ2n) is 3.30. The van der Waals surface area contributed by atoms with Gasteiger partial charge in [-0.25, -0.2) is 0 Å². The van der Waals surface area contributed by atoms with Crippen molar-refractivity contribution in [3.8, 4) is 0 Å². The quantitative estimate of drug-likeness (QED) is 0.608. The van der Waals surface area contributed by atoms with Gasteiger partial charge >= 0.3 is 0 Å². The van der Waals surface area contributed by atoms with Gasteiger partial charge in [0.1, 0.15) is 0 Å². The van der Waals surface area contributed by atoms with Crippen LogP contribution in [0.2, 0.25) is 0 Å². The Labute approximate surface area is 72.5 Å². The van der Waals surface area contributed by atoms with Gasteiger partial charge in [-0.3, -0.25) is 4.79 Å². The van der Waals surface area contributed by atoms with Gasteiger partial charge in [0, 0.05) is 6.54 Å². The van der Waals surface area contributed by atoms with Gasteiger partial charge in [-0.1, -0.05) is 6.08 Å². The summed E-state index contributed by atoms with van der Waals surface area (Å²) in [5, 5.41) is 12.2. The molecule has 0 aliphatic heterocycles. The molecule has 0 aromatic heterocycles. The van der Waals surface area contributed by atoms with Crippen molar-refractivity contribution in [2.45, 2.75) is 31.8 Å². The highest BCUT2D eigenvalue weighted by Crippen LogP contribution is 2.30. The third-order valence-electron chi connectivity index (χ3n) is 2.19. The van der Waals surface area contributed by atoms with Crippen molar-refractivity contribution in [2.24, 2.45) is 0 Å². The zero-order chi connectivity index (χ0) is 9.03. The Kier molecular flexibility index (Phi) is 2.87. The highest BCUT2D eigenvalue weighted by molar-refractivity contribution is 5.87. The van der Waals surface area contributed by atoms with Gasteiger partial charge in [-0.15, -0.1) is 0 Å². The van der Waals surface area contributed by atoms with Crippen LogP contribution in [0, 0.1) is 0 Å². The number of hydrogen-bond donors (Lipinski definition) is 2. The fourth-order valence-electron chi connectivity index (χ4n) is 1.22. The number of carbonyl (C=O) groups excluding carboxylic acids is 1. The first kappa shape index (κ1) is 9.26. The van der Waals surface area contributed by atoms with Crippen molar-refractivity contribution in [3.63, 3.8) is 0 Å². The van der Waals surface area contributed by atoms with Crippen molar-refractivity contribution in [2.75, 3.05) is 6.54 Å². The molecule has 0 radical (unpaired) electrons. The van der Waals surface area contributed by atoms with E-state index in [-0.39, 0.29) is 5.91 Å². The molecule has 1 rings (SSSR count). The largest absolute Gasteiger partial charge is 0.388 e. The summed E-state index contributed by atoms with van der Waals surface area (Å²) in [6, 6.07) is 0. The van der Waals surface area contributed by atoms with Crippen molar-refractivity contribution >= 4 is 5.91 Å². The van der Waals surface area contributed by atoms with E-state index in [2.05, 4.69) is 5.32 Å². The van der Waals surface area contributed by atoms with Crippen LogP contribution in [0.15, 0.2) is 12.2 Å². The number of hydrogen-bond acceptors (Lipinski definition) is 2. The molecule has 0 bridgehead atoms. The number of aliphatic hydroxyl groups is 1. The minimum atomic E-state index is -0.614. The fourth-order valence-corrected chi connectivity index (χ4v) is 1.22. The Hall–Kier alpha value is -0.830. The van der Waals surface area contributed by atoms with Gasteiger partial charge in [0.05, 0.1) is 5.60 Å². The third kappa shape index (κ3) is 2.34. The zero-order valence-electron chi connectivity index (χ0n) is 7.34. The Balaban J connectivity index is 2.20. The number of rotatable bonds is 3. The Bertz CT molecular complexity index is 195. The van der Waals surface area contributed by atoms with E-state index in [9.17, 15) is 9.90 Å². The van der Waals surface area contributed by atoms with Gasteiger partial charge in [-0.2, -0.15) is 0 Å². The number of allylic oxidation sites excluding steroid dienone is 1. The van der Waals surface area contributed by atoms with Crippen LogP contribution in [0.5, 0.6) is 0 Å². The predicted molar refractivity (Wildman–Crippen MR) is 46.6 cm³/mol. The summed E-state index contributed by atoms with van der Waals surface area (Å²) >= 11 is 0. The molecule has 12 heavy (non-hydrogen) atoms. The first-order valence-corrected chi connectivity index (χ1v) is 4.29. The minimum absolute atomic E-state index is 0.127. The molecule has 2 N–H and O–H groups in total. The van der Waals surface area contributed by atoms with Crippen LogP contribution in [0.4, 0.5) is 0 Å². The van der Waals surface area contributed by atoms with Crippen LogP contribution < -0.4 is 5.32 Å². The monoisotopic (exact) mass is 169 g/mol. The topological polar surface area (TPSA) is 49.3 Å². The lowest BCUT2D eigenvalue weighted by molar-refractivity contribution is -0.118. The molecule has 0 atom stereocenters. The highest BCUT2D eigenvalue weighted by atomic mass is 16.3. The van der Waals surface area contributed by atoms with Gasteiger partial charge < -0.3 is 10.4 Å². The van der Waals surface area contributed by atoms with Crippen molar-refractivity contribution in [1.82, 2.24) is 5.32 Å². The third-order valence-corrected chi connectivity index (χ3v) is 2.19. The molecule has 0 heterocycles. The van der Waals surface area contributed by atoms with Gasteiger partial charge in [0.15, 0.2) is 0 Å². The van der Waals surface area contributed by atoms with E-state index in [1.54, 1.807) is 13.0 Å². The van der Waals surface area contributed by atoms with Crippen molar-refractivity contribution in [1.29, 1.82) is 0 Å². The lowest BCUT2D eigenvalue weighted by atomic mass is 9.80. The van der Waals surface area contributed by atoms with Crippen LogP contribution in [-0.4, -0.2) is 23.2 Å². The molecule has 1 aliphatic rings. The fraction of sp³-hybridized carbons (Fsp3) is 0.667. The molecule has 3 heteroatoms. The van der Waals surface area contributed by atoms with Crippen LogP contribution in [0.25, 0.3) is 0 Å². The molecule has 1 amide bonds. The predicted octanol–water partition coefficient (Wildman–Crippen LogP) is 0.594. The Morgan fingerprint density at radius 3 is 2.75 bits per heavy atom. The molecular weight excluding hydrogens is 154 g/mol. The zero-order valence-corrected chi connectivity index (χ0v) is 7.34. The van der Waals surface area contributed by atoms with Crippen LogP contribution >= 0.6 is 0 Å². The summed E-state index contributed by atoms with van der Waals surface area (Å²) in [5.41, 5.74) is -0.614. The maximum atomic E-state index is 10.9. The second kappa shape index (κ2) is 3.72. The van der Waals surface area contributed by atoms with E-state index in [0.717, 1.165) is 19.3 Å². The normalized spacial score (nSPS) is 20.5. The first-order valence-electron chi connectivity index (χ1n) is 4.29. The average Bonchev–Trinajstić information content (AvgIpc) is 1.98. The number of amides is 1.